The van der Waals surface area contributed by atoms with Gasteiger partial charge in [0, 0.05) is 135 Å². The number of hydrogen-bond donors (Lipinski definition) is 11. The number of phosphoric ester groups is 1. The van der Waals surface area contributed by atoms with Crippen molar-refractivity contribution in [2.75, 3.05) is 35.7 Å². The Morgan fingerprint density at radius 1 is 0.579 bits per heavy atom. The normalized spacial score (nSPS) is 19.9. The fourth-order valence-electron chi connectivity index (χ4n) is 12.7. The van der Waals surface area contributed by atoms with Gasteiger partial charge in [0.2, 0.25) is 0 Å². The van der Waals surface area contributed by atoms with Crippen LogP contribution in [0.4, 0.5) is 34.1 Å². The number of imidazole rings is 3. The second-order valence-corrected chi connectivity index (χ2v) is 38.7. The first-order chi connectivity index (χ1) is 57.2. The molecule has 5 unspecified atom stereocenters. The molecule has 3 aliphatic rings. The van der Waals surface area contributed by atoms with Crippen molar-refractivity contribution >= 4 is 111 Å². The van der Waals surface area contributed by atoms with Crippen LogP contribution in [0.15, 0.2) is 110 Å². The van der Waals surface area contributed by atoms with Crippen LogP contribution in [0.25, 0.3) is 33.5 Å². The molecule has 0 aliphatic carbocycles. The summed E-state index contributed by atoms with van der Waals surface area (Å²) in [5.41, 5.74) is 12.9. The Morgan fingerprint density at radius 2 is 0.959 bits per heavy atom. The lowest BCUT2D eigenvalue weighted by Gasteiger charge is -2.39. The number of ether oxygens (including phenoxy) is 3. The number of ketones is 2. The summed E-state index contributed by atoms with van der Waals surface area (Å²) in [4.78, 5) is 119. The number of rotatable bonds is 30. The highest BCUT2D eigenvalue weighted by molar-refractivity contribution is 7.66. The van der Waals surface area contributed by atoms with E-state index in [2.05, 4.69) is 135 Å². The van der Waals surface area contributed by atoms with Gasteiger partial charge in [0.1, 0.15) is 59.0 Å². The third-order valence-electron chi connectivity index (χ3n) is 19.8. The fourth-order valence-corrected chi connectivity index (χ4v) is 17.1. The van der Waals surface area contributed by atoms with Crippen molar-refractivity contribution in [3.05, 3.63) is 174 Å². The van der Waals surface area contributed by atoms with Gasteiger partial charge in [0.25, 0.3) is 17.1 Å². The molecule has 0 bridgehead atoms. The summed E-state index contributed by atoms with van der Waals surface area (Å²) in [6, 6.07) is 19.4. The van der Waals surface area contributed by atoms with Crippen molar-refractivity contribution in [1.29, 1.82) is 0 Å². The number of nitro groups is 3. The molecule has 11 atom stereocenters. The SMILES string of the molecule is CC(=O)CCC#Cc1ccc(CNc2ccnc3c2ncn3[C@H]2CC(O)[C@@H](CO)O2)c([N+](=O)[O-])c1.CC[C@H]1O[C@@H](n2cnc3c(NCc4ccc(C#CCCC(C)=O)cc4[N+](=O)[O-])ccnc32)CC1O[Si](C)(C)C(C)(C)C.NCC#Cc1ccc(CNc2ccnc3c2ncn3[C@H]2CC(O)[C@@H](COP(=O)(O)OP(=O)(O)OP(=O)(O)O)O2)c([N+](=O)[O-])c1. The number of nitrogens with two attached hydrogens (primary N) is 1. The summed E-state index contributed by atoms with van der Waals surface area (Å²) in [7, 11) is -18.7. The third kappa shape index (κ3) is 24.6. The van der Waals surface area contributed by atoms with E-state index in [0.29, 0.717) is 117 Å². The standard InChI is InChI=1S/C31H41N5O5Si.C24H25N5O6.C21H25N6O14P3/c1-8-26-27(41-42(6,7)31(3,4)5)18-28(40-26)35-20-34-29-24(15-16-32-30(29)35)33-19-23-14-13-22(17-25(23)36(38)39)12-10-9-11-21(2)37;1-15(31)4-2-3-5-16-6-7-17(19(10-16)29(33)34)12-26-18-8-9-25-24-23(18)27-14-28(24)22-11-20(32)21(13-30)35-22;22-6-1-2-13-3-4-14(16(8-13)27(29)30)10-24-15-5-7-23-21-20(15)25-12-26(21)19-9-17(28)18(39-19)11-38-43(34,35)41-44(36,37)40-42(31,32)33/h13-17,20,26-28H,8-9,11,18-19H2,1-7H3,(H,32,33);6-10,14,20-22,30,32H,2,4,11-13H2,1H3,(H,25,26);3-5,7-8,12,17-19,28H,6,9-11,22H2,(H,23,24)(H,34,35)(H,36,37)(H2,31,32,33)/t26-,27?,28-;20?,21-,22-;17?,18-,19-/m111/s1. The van der Waals surface area contributed by atoms with Gasteiger partial charge in [-0.05, 0) is 93.0 Å². The zero-order chi connectivity index (χ0) is 87.9. The number of nitro benzene ring substituents is 3. The number of aliphatic hydroxyl groups excluding tert-OH is 3. The molecular formula is C76H91N16O25P3Si. The Hall–Kier alpha value is -10.6. The quantitative estimate of drug-likeness (QED) is 0.00655. The van der Waals surface area contributed by atoms with E-state index in [9.17, 15) is 78.7 Å². The Morgan fingerprint density at radius 3 is 1.31 bits per heavy atom. The number of carbonyl (C=O) groups is 2. The van der Waals surface area contributed by atoms with Gasteiger partial charge in [-0.3, -0.25) is 58.2 Å². The van der Waals surface area contributed by atoms with E-state index in [1.807, 2.05) is 10.6 Å². The predicted molar refractivity (Wildman–Crippen MR) is 440 cm³/mol. The second kappa shape index (κ2) is 40.4. The summed E-state index contributed by atoms with van der Waals surface area (Å²) in [6.45, 7) is 15.8. The van der Waals surface area contributed by atoms with Crippen molar-refractivity contribution in [3.63, 3.8) is 0 Å². The second-order valence-electron chi connectivity index (χ2n) is 29.5. The smallest absolute Gasteiger partial charge is 0.411 e. The molecule has 12 N–H and O–H groups in total. The number of fused-ring (bicyclic) bond motifs is 3. The number of carbonyl (C=O) groups excluding carboxylic acids is 2. The zero-order valence-electron chi connectivity index (χ0n) is 66.8. The van der Waals surface area contributed by atoms with Gasteiger partial charge in [0.15, 0.2) is 25.3 Å². The Balaban J connectivity index is 0.000000192. The number of phosphoric acid groups is 3. The Bertz CT molecular complexity index is 5670. The molecule has 3 saturated heterocycles. The topological polar surface area (TPSA) is 575 Å². The Kier molecular flexibility index (Phi) is 31.0. The van der Waals surface area contributed by atoms with Crippen molar-refractivity contribution < 1.29 is 105 Å². The maximum Gasteiger partial charge on any atom is 0.490 e. The van der Waals surface area contributed by atoms with E-state index in [-0.39, 0.29) is 91.3 Å². The van der Waals surface area contributed by atoms with Crippen molar-refractivity contribution in [2.24, 2.45) is 5.73 Å². The van der Waals surface area contributed by atoms with Gasteiger partial charge < -0.3 is 75.2 Å². The van der Waals surface area contributed by atoms with E-state index < -0.39 is 90.0 Å². The first kappa shape index (κ1) is 92.7. The molecule has 3 aromatic carbocycles. The van der Waals surface area contributed by atoms with Gasteiger partial charge in [-0.1, -0.05) is 63.2 Å². The number of benzene rings is 3. The maximum atomic E-state index is 12.0. The number of hydrogen-bond acceptors (Lipinski definition) is 31. The average Bonchev–Trinajstić information content (AvgIpc) is 1.66. The van der Waals surface area contributed by atoms with Crippen LogP contribution in [0.5, 0.6) is 0 Å². The molecule has 12 rings (SSSR count). The molecule has 45 heteroatoms. The molecule has 9 heterocycles. The summed E-state index contributed by atoms with van der Waals surface area (Å²) >= 11 is 0. The maximum absolute atomic E-state index is 12.0. The number of nitrogens with zero attached hydrogens (tertiary/aromatic N) is 12. The molecule has 41 nitrogen and oxygen atoms in total. The fraction of sp³-hybridized carbons (Fsp3) is 0.421. The van der Waals surface area contributed by atoms with E-state index in [4.69, 9.17) is 34.2 Å². The molecule has 6 aromatic heterocycles. The summed E-state index contributed by atoms with van der Waals surface area (Å²) in [5.74, 6) is 17.0. The van der Waals surface area contributed by atoms with Gasteiger partial charge >= 0.3 is 23.5 Å². The first-order valence-corrected chi connectivity index (χ1v) is 45.2. The summed E-state index contributed by atoms with van der Waals surface area (Å²) in [6.07, 6.45) is 7.08. The number of pyridine rings is 3. The minimum Gasteiger partial charge on any atom is -0.411 e. The largest absolute Gasteiger partial charge is 0.490 e. The van der Waals surface area contributed by atoms with Gasteiger partial charge in [-0.15, -0.1) is 0 Å². The van der Waals surface area contributed by atoms with E-state index in [1.165, 1.54) is 49.1 Å². The summed E-state index contributed by atoms with van der Waals surface area (Å²) < 4.78 is 75.9. The van der Waals surface area contributed by atoms with Crippen LogP contribution in [0, 0.1) is 65.9 Å². The van der Waals surface area contributed by atoms with E-state index >= 15 is 0 Å². The molecular weight excluding hydrogens is 1660 g/mol. The molecule has 121 heavy (non-hydrogen) atoms. The van der Waals surface area contributed by atoms with E-state index in [0.717, 1.165) is 12.1 Å². The molecule has 3 fully saturated rings. The monoisotopic (exact) mass is 1750 g/mol. The number of aliphatic hydroxyl groups is 3. The molecule has 0 radical (unpaired) electrons. The van der Waals surface area contributed by atoms with Crippen LogP contribution in [0.3, 0.4) is 0 Å². The lowest BCUT2D eigenvalue weighted by atomic mass is 10.1. The van der Waals surface area contributed by atoms with Crippen molar-refractivity contribution in [1.82, 2.24) is 43.6 Å². The molecule has 644 valence electrons. The zero-order valence-corrected chi connectivity index (χ0v) is 70.4. The number of aromatic nitrogens is 9. The summed E-state index contributed by atoms with van der Waals surface area (Å²) in [5, 5.41) is 74.6. The number of Topliss-reactive ketones (excluding diaryl/α,β-unsaturated/α-hetero) is 2. The van der Waals surface area contributed by atoms with Crippen LogP contribution in [-0.4, -0.2) is 170 Å². The third-order valence-corrected chi connectivity index (χ3v) is 28.1. The van der Waals surface area contributed by atoms with Crippen molar-refractivity contribution in [2.45, 2.75) is 186 Å². The van der Waals surface area contributed by atoms with Crippen LogP contribution in [0.2, 0.25) is 18.1 Å². The van der Waals surface area contributed by atoms with Crippen LogP contribution in [0.1, 0.15) is 145 Å². The highest BCUT2D eigenvalue weighted by Gasteiger charge is 2.46. The molecule has 9 aromatic rings. The van der Waals surface area contributed by atoms with Crippen LogP contribution >= 0.6 is 23.5 Å². The van der Waals surface area contributed by atoms with E-state index in [1.54, 1.807) is 78.1 Å². The molecule has 0 amide bonds. The van der Waals surface area contributed by atoms with Gasteiger partial charge in [0.05, 0.1) is 95.0 Å². The lowest BCUT2D eigenvalue weighted by Crippen LogP contribution is -2.45. The van der Waals surface area contributed by atoms with Crippen molar-refractivity contribution in [3.8, 4) is 35.5 Å². The number of nitrogens with one attached hydrogen (secondary N) is 3. The molecule has 0 spiro atoms. The predicted octanol–water partition coefficient (Wildman–Crippen LogP) is 10.3. The Labute approximate surface area is 693 Å². The lowest BCUT2D eigenvalue weighted by molar-refractivity contribution is -0.385. The highest BCUT2D eigenvalue weighted by atomic mass is 31.3. The van der Waals surface area contributed by atoms with Gasteiger partial charge in [-0.2, -0.15) is 8.62 Å². The van der Waals surface area contributed by atoms with Crippen LogP contribution < -0.4 is 21.7 Å². The van der Waals surface area contributed by atoms with Gasteiger partial charge in [-0.25, -0.2) is 43.6 Å². The molecule has 3 aliphatic heterocycles. The highest BCUT2D eigenvalue weighted by Crippen LogP contribution is 2.66. The van der Waals surface area contributed by atoms with Crippen LogP contribution in [-0.2, 0) is 74.7 Å². The first-order valence-electron chi connectivity index (χ1n) is 37.8. The number of anilines is 3. The minimum absolute atomic E-state index is 0.00185. The average molecular weight is 1750 g/mol. The minimum atomic E-state index is -5.71. The molecule has 0 saturated carbocycles.